The number of rotatable bonds is 9. The minimum absolute atomic E-state index is 0.228. The van der Waals surface area contributed by atoms with Crippen LogP contribution in [0, 0.1) is 30.9 Å². The fraction of sp³-hybridized carbons (Fsp3) is 0.231. The van der Waals surface area contributed by atoms with Crippen LogP contribution in [0.4, 0.5) is 0 Å². The van der Waals surface area contributed by atoms with E-state index in [0.29, 0.717) is 17.5 Å². The van der Waals surface area contributed by atoms with Gasteiger partial charge in [0.15, 0.2) is 5.16 Å². The second-order valence-electron chi connectivity index (χ2n) is 8.17. The van der Waals surface area contributed by atoms with Gasteiger partial charge in [0.05, 0.1) is 0 Å². The Bertz CT molecular complexity index is 1250. The fourth-order valence-electron chi connectivity index (χ4n) is 3.51. The average molecular weight is 475 g/mol. The van der Waals surface area contributed by atoms with E-state index >= 15 is 0 Å². The topological polar surface area (TPSA) is 83.1 Å². The number of hydrogen-bond donors (Lipinski definition) is 0. The van der Waals surface area contributed by atoms with Crippen molar-refractivity contribution in [3.8, 4) is 11.4 Å². The number of nitro groups is 1. The minimum atomic E-state index is -0.422. The molecule has 1 atom stereocenters. The Morgan fingerprint density at radius 3 is 2.15 bits per heavy atom. The molecule has 0 unspecified atom stereocenters. The summed E-state index contributed by atoms with van der Waals surface area (Å²) in [6.45, 7) is 6.19. The largest absolute Gasteiger partial charge is 0.489 e. The Morgan fingerprint density at radius 2 is 1.53 bits per heavy atom. The maximum atomic E-state index is 11.4. The van der Waals surface area contributed by atoms with Gasteiger partial charge in [0.1, 0.15) is 23.4 Å². The Labute approximate surface area is 203 Å². The van der Waals surface area contributed by atoms with E-state index in [2.05, 4.69) is 22.3 Å². The first-order valence-corrected chi connectivity index (χ1v) is 11.8. The summed E-state index contributed by atoms with van der Waals surface area (Å²) in [4.78, 5) is 11.2. The van der Waals surface area contributed by atoms with Crippen LogP contribution in [0.5, 0.6) is 5.75 Å². The van der Waals surface area contributed by atoms with Gasteiger partial charge in [-0.25, -0.2) is 0 Å². The van der Waals surface area contributed by atoms with Gasteiger partial charge in [-0.1, -0.05) is 71.4 Å². The van der Waals surface area contributed by atoms with Crippen LogP contribution in [0.1, 0.15) is 33.3 Å². The van der Waals surface area contributed by atoms with Gasteiger partial charge in [0.2, 0.25) is 6.54 Å². The predicted octanol–water partition coefficient (Wildman–Crippen LogP) is 5.88. The zero-order valence-corrected chi connectivity index (χ0v) is 20.2. The van der Waals surface area contributed by atoms with Crippen LogP contribution in [0.3, 0.4) is 0 Å². The van der Waals surface area contributed by atoms with E-state index in [0.717, 1.165) is 28.2 Å². The number of aromatic nitrogens is 3. The summed E-state index contributed by atoms with van der Waals surface area (Å²) in [6, 6.07) is 23.7. The van der Waals surface area contributed by atoms with Crippen LogP contribution in [-0.2, 0) is 6.61 Å². The van der Waals surface area contributed by atoms with E-state index in [4.69, 9.17) is 4.74 Å². The van der Waals surface area contributed by atoms with Crippen molar-refractivity contribution in [2.45, 2.75) is 37.8 Å². The van der Waals surface area contributed by atoms with Crippen molar-refractivity contribution in [1.29, 1.82) is 0 Å². The van der Waals surface area contributed by atoms with E-state index in [9.17, 15) is 10.1 Å². The molecular formula is C26H26N4O3S. The van der Waals surface area contributed by atoms with E-state index in [1.165, 1.54) is 17.3 Å². The van der Waals surface area contributed by atoms with E-state index in [-0.39, 0.29) is 11.5 Å². The van der Waals surface area contributed by atoms with Crippen molar-refractivity contribution in [1.82, 2.24) is 14.8 Å². The standard InChI is InChI=1S/C26H26N4O3S/c1-18-4-8-21(9-5-18)17-33-24-14-10-22(11-15-24)25(16-29(31)32)34-26-28-27-20(3)30(26)23-12-6-19(2)7-13-23/h4-15,25H,16-17H2,1-3H3/t25-/m1/s1. The van der Waals surface area contributed by atoms with Gasteiger partial charge < -0.3 is 4.74 Å². The SMILES string of the molecule is Cc1ccc(COc2ccc([C@@H](C[N+](=O)[O-])Sc3nnc(C)n3-c3ccc(C)cc3)cc2)cc1. The van der Waals surface area contributed by atoms with Crippen molar-refractivity contribution in [2.75, 3.05) is 6.54 Å². The third-order valence-electron chi connectivity index (χ3n) is 5.43. The van der Waals surface area contributed by atoms with Crippen LogP contribution in [-0.4, -0.2) is 26.2 Å². The molecule has 0 aliphatic rings. The zero-order valence-electron chi connectivity index (χ0n) is 19.3. The third kappa shape index (κ3) is 5.82. The average Bonchev–Trinajstić information content (AvgIpc) is 3.19. The summed E-state index contributed by atoms with van der Waals surface area (Å²) in [5.74, 6) is 1.44. The lowest BCUT2D eigenvalue weighted by Gasteiger charge is -2.15. The lowest BCUT2D eigenvalue weighted by molar-refractivity contribution is -0.479. The molecule has 0 bridgehead atoms. The minimum Gasteiger partial charge on any atom is -0.489 e. The molecular weight excluding hydrogens is 448 g/mol. The second kappa shape index (κ2) is 10.5. The summed E-state index contributed by atoms with van der Waals surface area (Å²) >= 11 is 1.34. The Hall–Kier alpha value is -3.65. The Balaban J connectivity index is 1.52. The van der Waals surface area contributed by atoms with Crippen LogP contribution < -0.4 is 4.74 Å². The van der Waals surface area contributed by atoms with Gasteiger partial charge in [-0.2, -0.15) is 0 Å². The van der Waals surface area contributed by atoms with Crippen molar-refractivity contribution in [3.63, 3.8) is 0 Å². The van der Waals surface area contributed by atoms with Crippen molar-refractivity contribution < 1.29 is 9.66 Å². The van der Waals surface area contributed by atoms with Crippen molar-refractivity contribution in [2.24, 2.45) is 0 Å². The molecule has 0 aliphatic carbocycles. The maximum absolute atomic E-state index is 11.4. The number of nitrogens with zero attached hydrogens (tertiary/aromatic N) is 4. The molecule has 1 heterocycles. The number of benzene rings is 3. The highest BCUT2D eigenvalue weighted by Crippen LogP contribution is 2.36. The molecule has 0 amide bonds. The van der Waals surface area contributed by atoms with E-state index < -0.39 is 5.25 Å². The molecule has 4 rings (SSSR count). The number of ether oxygens (including phenoxy) is 1. The summed E-state index contributed by atoms with van der Waals surface area (Å²) < 4.78 is 7.82. The monoisotopic (exact) mass is 474 g/mol. The molecule has 0 saturated carbocycles. The first-order chi connectivity index (χ1) is 16.4. The first-order valence-electron chi connectivity index (χ1n) is 10.9. The highest BCUT2D eigenvalue weighted by molar-refractivity contribution is 7.99. The third-order valence-corrected chi connectivity index (χ3v) is 6.61. The summed E-state index contributed by atoms with van der Waals surface area (Å²) in [5.41, 5.74) is 5.20. The molecule has 1 aromatic heterocycles. The van der Waals surface area contributed by atoms with Gasteiger partial charge in [-0.3, -0.25) is 14.7 Å². The molecule has 7 nitrogen and oxygen atoms in total. The summed E-state index contributed by atoms with van der Waals surface area (Å²) in [5, 5.41) is 20.2. The van der Waals surface area contributed by atoms with Gasteiger partial charge in [0, 0.05) is 10.6 Å². The quantitative estimate of drug-likeness (QED) is 0.171. The van der Waals surface area contributed by atoms with Crippen LogP contribution in [0.25, 0.3) is 5.69 Å². The first kappa shape index (κ1) is 23.5. The molecule has 0 N–H and O–H groups in total. The molecule has 174 valence electrons. The molecule has 4 aromatic rings. The molecule has 34 heavy (non-hydrogen) atoms. The molecule has 0 saturated heterocycles. The van der Waals surface area contributed by atoms with Gasteiger partial charge in [-0.15, -0.1) is 10.2 Å². The van der Waals surface area contributed by atoms with Gasteiger partial charge >= 0.3 is 0 Å². The van der Waals surface area contributed by atoms with Crippen molar-refractivity contribution in [3.05, 3.63) is 111 Å². The van der Waals surface area contributed by atoms with Crippen LogP contribution in [0.15, 0.2) is 78.0 Å². The van der Waals surface area contributed by atoms with Gasteiger partial charge in [-0.05, 0) is 56.2 Å². The number of thioether (sulfide) groups is 1. The maximum Gasteiger partial charge on any atom is 0.220 e. The number of hydrogen-bond acceptors (Lipinski definition) is 6. The van der Waals surface area contributed by atoms with Crippen LogP contribution >= 0.6 is 11.8 Å². The van der Waals surface area contributed by atoms with Crippen LogP contribution in [0.2, 0.25) is 0 Å². The summed E-state index contributed by atoms with van der Waals surface area (Å²) in [6.07, 6.45) is 0. The molecule has 3 aromatic carbocycles. The smallest absolute Gasteiger partial charge is 0.220 e. The normalized spacial score (nSPS) is 11.9. The second-order valence-corrected chi connectivity index (χ2v) is 9.34. The van der Waals surface area contributed by atoms with Crippen molar-refractivity contribution >= 4 is 11.8 Å². The number of aryl methyl sites for hydroxylation is 3. The van der Waals surface area contributed by atoms with Gasteiger partial charge in [0.25, 0.3) is 0 Å². The highest BCUT2D eigenvalue weighted by atomic mass is 32.2. The lowest BCUT2D eigenvalue weighted by Crippen LogP contribution is -2.11. The molecule has 0 fully saturated rings. The fourth-order valence-corrected chi connectivity index (χ4v) is 4.69. The molecule has 0 radical (unpaired) electrons. The van der Waals surface area contributed by atoms with E-state index in [1.807, 2.05) is 86.0 Å². The Kier molecular flexibility index (Phi) is 7.27. The summed E-state index contributed by atoms with van der Waals surface area (Å²) in [7, 11) is 0. The molecule has 8 heteroatoms. The highest BCUT2D eigenvalue weighted by Gasteiger charge is 2.24. The lowest BCUT2D eigenvalue weighted by atomic mass is 10.1. The Morgan fingerprint density at radius 1 is 0.912 bits per heavy atom. The predicted molar refractivity (Wildman–Crippen MR) is 133 cm³/mol. The zero-order chi connectivity index (χ0) is 24.1. The molecule has 0 spiro atoms. The van der Waals surface area contributed by atoms with E-state index in [1.54, 1.807) is 0 Å². The molecule has 0 aliphatic heterocycles.